The summed E-state index contributed by atoms with van der Waals surface area (Å²) in [6.45, 7) is 1.87. The zero-order valence-corrected chi connectivity index (χ0v) is 22.2. The molecule has 2 fully saturated rings. The molecule has 0 bridgehead atoms. The van der Waals surface area contributed by atoms with Crippen LogP contribution in [-0.4, -0.2) is 31.5 Å². The van der Waals surface area contributed by atoms with Crippen molar-refractivity contribution in [3.05, 3.63) is 33.9 Å². The smallest absolute Gasteiger partial charge is 0.369 e. The summed E-state index contributed by atoms with van der Waals surface area (Å²) in [5, 5.41) is 6.06. The Morgan fingerprint density at radius 2 is 1.74 bits per heavy atom. The first-order chi connectivity index (χ1) is 17.9. The Balaban J connectivity index is 1.54. The summed E-state index contributed by atoms with van der Waals surface area (Å²) in [5.41, 5.74) is 5.28. The van der Waals surface area contributed by atoms with Gasteiger partial charge >= 0.3 is 6.18 Å². The van der Waals surface area contributed by atoms with Gasteiger partial charge in [-0.15, -0.1) is 0 Å². The Kier molecular flexibility index (Phi) is 7.10. The summed E-state index contributed by atoms with van der Waals surface area (Å²) >= 11 is 12.5. The number of anilines is 3. The van der Waals surface area contributed by atoms with Crippen molar-refractivity contribution in [3.63, 3.8) is 0 Å². The van der Waals surface area contributed by atoms with Crippen molar-refractivity contribution < 1.29 is 18.0 Å². The number of nitrogens with zero attached hydrogens (tertiary/aromatic N) is 4. The van der Waals surface area contributed by atoms with Crippen molar-refractivity contribution in [2.24, 2.45) is 11.1 Å². The first kappa shape index (κ1) is 26.8. The molecule has 204 valence electrons. The Bertz CT molecular complexity index is 1340. The maximum atomic E-state index is 13.2. The Hall–Kier alpha value is -2.79. The predicted molar refractivity (Wildman–Crippen MR) is 141 cm³/mol. The van der Waals surface area contributed by atoms with Crippen LogP contribution in [-0.2, 0) is 11.0 Å². The molecule has 13 heteroatoms. The summed E-state index contributed by atoms with van der Waals surface area (Å²) in [7, 11) is 0. The van der Waals surface area contributed by atoms with Crippen molar-refractivity contribution in [3.8, 4) is 0 Å². The zero-order chi connectivity index (χ0) is 27.2. The lowest BCUT2D eigenvalue weighted by molar-refractivity contribution is -0.137. The van der Waals surface area contributed by atoms with Crippen LogP contribution in [0.4, 0.5) is 30.8 Å². The van der Waals surface area contributed by atoms with Crippen molar-refractivity contribution in [2.75, 3.05) is 10.6 Å². The third-order valence-corrected chi connectivity index (χ3v) is 8.34. The number of rotatable bonds is 6. The minimum absolute atomic E-state index is 0.101. The van der Waals surface area contributed by atoms with E-state index in [1.807, 2.05) is 11.5 Å². The van der Waals surface area contributed by atoms with Crippen LogP contribution in [0.1, 0.15) is 69.9 Å². The highest BCUT2D eigenvalue weighted by Gasteiger charge is 2.38. The molecule has 3 aromatic rings. The third kappa shape index (κ3) is 5.22. The molecule has 2 saturated carbocycles. The Morgan fingerprint density at radius 1 is 1.11 bits per heavy atom. The number of amides is 1. The monoisotopic (exact) mass is 569 g/mol. The van der Waals surface area contributed by atoms with Gasteiger partial charge in [-0.2, -0.15) is 18.2 Å². The molecular weight excluding hydrogens is 542 g/mol. The van der Waals surface area contributed by atoms with E-state index in [1.54, 1.807) is 6.20 Å². The van der Waals surface area contributed by atoms with E-state index in [2.05, 4.69) is 20.6 Å². The van der Waals surface area contributed by atoms with Gasteiger partial charge in [0.15, 0.2) is 5.65 Å². The summed E-state index contributed by atoms with van der Waals surface area (Å²) < 4.78 is 41.6. The lowest BCUT2D eigenvalue weighted by Crippen LogP contribution is -2.38. The van der Waals surface area contributed by atoms with E-state index in [0.717, 1.165) is 37.8 Å². The molecule has 1 aromatic carbocycles. The second-order valence-corrected chi connectivity index (χ2v) is 11.2. The topological polar surface area (TPSA) is 111 Å². The van der Waals surface area contributed by atoms with Gasteiger partial charge in [-0.25, -0.2) is 9.97 Å². The number of nitrogens with two attached hydrogens (primary N) is 1. The average Bonchev–Trinajstić information content (AvgIpc) is 3.48. The second-order valence-electron chi connectivity index (χ2n) is 10.4. The van der Waals surface area contributed by atoms with E-state index >= 15 is 0 Å². The van der Waals surface area contributed by atoms with Gasteiger partial charge in [0.25, 0.3) is 0 Å². The molecule has 4 N–H and O–H groups in total. The first-order valence-corrected chi connectivity index (χ1v) is 13.3. The fraction of sp³-hybridized carbons (Fsp3) is 0.520. The van der Waals surface area contributed by atoms with E-state index in [-0.39, 0.29) is 27.7 Å². The molecule has 0 aliphatic heterocycles. The van der Waals surface area contributed by atoms with Gasteiger partial charge in [-0.05, 0) is 50.7 Å². The molecule has 0 saturated heterocycles. The first-order valence-electron chi connectivity index (χ1n) is 12.6. The standard InChI is InChI=1S/C25H28Cl2F3N7O/c1-24(21(31)38)8-6-15(7-9-24)37-20-18(12-32-22(36-20)33-14-4-2-3-5-14)34-23(37)35-19-16(26)10-13(11-17(19)27)25(28,29)30/h10-12,14-15H,2-9H2,1H3,(H2,31,38)(H,34,35)(H,32,33,36)/t15-,24+. The number of hydrogen-bond acceptors (Lipinski definition) is 6. The van der Waals surface area contributed by atoms with E-state index in [4.69, 9.17) is 33.9 Å². The predicted octanol–water partition coefficient (Wildman–Crippen LogP) is 6.86. The van der Waals surface area contributed by atoms with Crippen LogP contribution in [0.2, 0.25) is 10.0 Å². The number of aromatic nitrogens is 4. The van der Waals surface area contributed by atoms with Gasteiger partial charge in [0.2, 0.25) is 17.8 Å². The molecule has 2 aliphatic carbocycles. The fourth-order valence-corrected chi connectivity index (χ4v) is 5.94. The molecule has 0 unspecified atom stereocenters. The summed E-state index contributed by atoms with van der Waals surface area (Å²) in [6, 6.07) is 1.85. The van der Waals surface area contributed by atoms with Crippen LogP contribution in [0.15, 0.2) is 18.3 Å². The molecule has 2 aliphatic rings. The second kappa shape index (κ2) is 10.1. The van der Waals surface area contributed by atoms with Crippen molar-refractivity contribution in [1.29, 1.82) is 0 Å². The van der Waals surface area contributed by atoms with Gasteiger partial charge in [0.05, 0.1) is 27.5 Å². The van der Waals surface area contributed by atoms with Gasteiger partial charge in [0, 0.05) is 17.5 Å². The number of carbonyl (C=O) groups excluding carboxylic acids is 1. The van der Waals surface area contributed by atoms with E-state index < -0.39 is 17.2 Å². The molecule has 5 rings (SSSR count). The lowest BCUT2D eigenvalue weighted by Gasteiger charge is -2.35. The molecule has 2 heterocycles. The van der Waals surface area contributed by atoms with E-state index in [0.29, 0.717) is 54.8 Å². The van der Waals surface area contributed by atoms with Crippen molar-refractivity contribution in [1.82, 2.24) is 19.5 Å². The number of nitrogens with one attached hydrogen (secondary N) is 2. The van der Waals surface area contributed by atoms with Gasteiger partial charge in [-0.3, -0.25) is 9.36 Å². The third-order valence-electron chi connectivity index (χ3n) is 7.75. The highest BCUT2D eigenvalue weighted by atomic mass is 35.5. The lowest BCUT2D eigenvalue weighted by atomic mass is 9.73. The minimum atomic E-state index is -4.59. The number of hydrogen-bond donors (Lipinski definition) is 3. The number of primary amides is 1. The highest BCUT2D eigenvalue weighted by Crippen LogP contribution is 2.44. The van der Waals surface area contributed by atoms with E-state index in [9.17, 15) is 18.0 Å². The zero-order valence-electron chi connectivity index (χ0n) is 20.7. The van der Waals surface area contributed by atoms with Crippen LogP contribution in [0.25, 0.3) is 11.2 Å². The SMILES string of the molecule is C[C@]1(C(N)=O)CC[C@@H](n2c(Nc3c(Cl)cc(C(F)(F)F)cc3Cl)nc3cnc(NC4CCCC4)nc32)CC1. The number of carbonyl (C=O) groups is 1. The fourth-order valence-electron chi connectivity index (χ4n) is 5.36. The molecule has 0 atom stereocenters. The van der Waals surface area contributed by atoms with Gasteiger partial charge < -0.3 is 16.4 Å². The number of halogens is 5. The maximum absolute atomic E-state index is 13.2. The van der Waals surface area contributed by atoms with Crippen molar-refractivity contribution >= 4 is 57.9 Å². The van der Waals surface area contributed by atoms with E-state index in [1.165, 1.54) is 0 Å². The highest BCUT2D eigenvalue weighted by molar-refractivity contribution is 6.39. The molecule has 0 radical (unpaired) electrons. The Morgan fingerprint density at radius 3 is 2.32 bits per heavy atom. The molecule has 0 spiro atoms. The molecule has 8 nitrogen and oxygen atoms in total. The number of imidazole rings is 1. The number of benzene rings is 1. The van der Waals surface area contributed by atoms with Crippen LogP contribution in [0.3, 0.4) is 0 Å². The number of alkyl halides is 3. The number of fused-ring (bicyclic) bond motifs is 1. The molecule has 2 aromatic heterocycles. The van der Waals surface area contributed by atoms with Crippen LogP contribution < -0.4 is 16.4 Å². The normalized spacial score (nSPS) is 22.6. The van der Waals surface area contributed by atoms with Crippen LogP contribution >= 0.6 is 23.2 Å². The quantitative estimate of drug-likeness (QED) is 0.299. The van der Waals surface area contributed by atoms with Crippen LogP contribution in [0.5, 0.6) is 0 Å². The summed E-state index contributed by atoms with van der Waals surface area (Å²) in [6.07, 6.45) is 3.84. The van der Waals surface area contributed by atoms with Crippen LogP contribution in [0, 0.1) is 5.41 Å². The minimum Gasteiger partial charge on any atom is -0.369 e. The molecular formula is C25H28Cl2F3N7O. The largest absolute Gasteiger partial charge is 0.416 e. The molecule has 38 heavy (non-hydrogen) atoms. The summed E-state index contributed by atoms with van der Waals surface area (Å²) in [4.78, 5) is 25.9. The summed E-state index contributed by atoms with van der Waals surface area (Å²) in [5.74, 6) is 0.475. The Labute approximate surface area is 227 Å². The van der Waals surface area contributed by atoms with Gasteiger partial charge in [-0.1, -0.05) is 43.0 Å². The molecule has 1 amide bonds. The van der Waals surface area contributed by atoms with Gasteiger partial charge in [0.1, 0.15) is 5.52 Å². The maximum Gasteiger partial charge on any atom is 0.416 e. The average molecular weight is 570 g/mol. The van der Waals surface area contributed by atoms with Crippen molar-refractivity contribution in [2.45, 2.75) is 76.6 Å².